The summed E-state index contributed by atoms with van der Waals surface area (Å²) in [7, 11) is 3.45. The monoisotopic (exact) mass is 239 g/mol. The summed E-state index contributed by atoms with van der Waals surface area (Å²) in [6.45, 7) is 4.53. The predicted octanol–water partition coefficient (Wildman–Crippen LogP) is 1.01. The molecule has 1 rings (SSSR count). The summed E-state index contributed by atoms with van der Waals surface area (Å²) in [6, 6.07) is 0. The van der Waals surface area contributed by atoms with Gasteiger partial charge in [-0.3, -0.25) is 4.79 Å². The van der Waals surface area contributed by atoms with Crippen LogP contribution in [-0.2, 0) is 16.1 Å². The smallest absolute Gasteiger partial charge is 0.309 e. The highest BCUT2D eigenvalue weighted by molar-refractivity contribution is 5.71. The first-order valence-corrected chi connectivity index (χ1v) is 5.85. The zero-order valence-electron chi connectivity index (χ0n) is 10.8. The molecule has 0 amide bonds. The van der Waals surface area contributed by atoms with Crippen molar-refractivity contribution in [3.63, 3.8) is 0 Å². The molecule has 0 aliphatic carbocycles. The minimum Gasteiger partial charge on any atom is -0.469 e. The lowest BCUT2D eigenvalue weighted by Crippen LogP contribution is -2.30. The van der Waals surface area contributed by atoms with E-state index in [0.29, 0.717) is 0 Å². The molecule has 0 saturated carbocycles. The summed E-state index contributed by atoms with van der Waals surface area (Å²) in [4.78, 5) is 17.4. The van der Waals surface area contributed by atoms with Gasteiger partial charge in [0.05, 0.1) is 19.4 Å². The van der Waals surface area contributed by atoms with Gasteiger partial charge < -0.3 is 14.2 Å². The summed E-state index contributed by atoms with van der Waals surface area (Å²) >= 11 is 0. The Bertz CT molecular complexity index is 325. The molecule has 0 radical (unpaired) electrons. The van der Waals surface area contributed by atoms with E-state index in [1.807, 2.05) is 26.5 Å². The molecule has 1 aromatic rings. The average Bonchev–Trinajstić information content (AvgIpc) is 2.80. The minimum atomic E-state index is -0.147. The van der Waals surface area contributed by atoms with E-state index in [4.69, 9.17) is 4.74 Å². The Morgan fingerprint density at radius 3 is 2.94 bits per heavy atom. The number of esters is 1. The third-order valence-corrected chi connectivity index (χ3v) is 2.70. The summed E-state index contributed by atoms with van der Waals surface area (Å²) in [5.74, 6) is -0.218. The number of ether oxygens (including phenoxy) is 1. The number of carbonyl (C=O) groups excluding carboxylic acids is 1. The van der Waals surface area contributed by atoms with Crippen molar-refractivity contribution in [3.05, 3.63) is 18.7 Å². The Morgan fingerprint density at radius 1 is 1.59 bits per heavy atom. The number of hydrogen-bond acceptors (Lipinski definition) is 4. The fourth-order valence-corrected chi connectivity index (χ4v) is 1.78. The zero-order valence-corrected chi connectivity index (χ0v) is 10.8. The van der Waals surface area contributed by atoms with Gasteiger partial charge in [-0.1, -0.05) is 6.92 Å². The third kappa shape index (κ3) is 4.99. The number of hydrogen-bond donors (Lipinski definition) is 0. The van der Waals surface area contributed by atoms with Crippen LogP contribution in [0.4, 0.5) is 0 Å². The van der Waals surface area contributed by atoms with Gasteiger partial charge in [-0.15, -0.1) is 0 Å². The van der Waals surface area contributed by atoms with Crippen LogP contribution in [0.15, 0.2) is 18.7 Å². The number of nitrogens with zero attached hydrogens (tertiary/aromatic N) is 3. The van der Waals surface area contributed by atoms with E-state index in [2.05, 4.69) is 14.5 Å². The highest BCUT2D eigenvalue weighted by Crippen LogP contribution is 2.01. The molecule has 0 bridgehead atoms. The van der Waals surface area contributed by atoms with Gasteiger partial charge in [0.15, 0.2) is 0 Å². The van der Waals surface area contributed by atoms with E-state index >= 15 is 0 Å². The van der Waals surface area contributed by atoms with Gasteiger partial charge in [-0.05, 0) is 20.0 Å². The molecule has 0 fully saturated rings. The van der Waals surface area contributed by atoms with Gasteiger partial charge in [-0.25, -0.2) is 4.98 Å². The maximum absolute atomic E-state index is 11.2. The van der Waals surface area contributed by atoms with E-state index in [1.54, 1.807) is 6.20 Å². The number of aryl methyl sites for hydroxylation is 1. The Labute approximate surface area is 102 Å². The number of carbonyl (C=O) groups is 1. The zero-order chi connectivity index (χ0) is 12.7. The first-order valence-electron chi connectivity index (χ1n) is 5.85. The Hall–Kier alpha value is -1.36. The first kappa shape index (κ1) is 13.7. The SMILES string of the molecule is COC(=O)C(C)CN(C)CCCn1ccnc1. The lowest BCUT2D eigenvalue weighted by molar-refractivity contribution is -0.145. The van der Waals surface area contributed by atoms with Crippen molar-refractivity contribution in [2.24, 2.45) is 5.92 Å². The van der Waals surface area contributed by atoms with Gasteiger partial charge in [0.2, 0.25) is 0 Å². The van der Waals surface area contributed by atoms with Gasteiger partial charge in [0.25, 0.3) is 0 Å². The van der Waals surface area contributed by atoms with Crippen molar-refractivity contribution in [2.45, 2.75) is 19.9 Å². The van der Waals surface area contributed by atoms with Gasteiger partial charge in [0, 0.05) is 25.5 Å². The quantitative estimate of drug-likeness (QED) is 0.666. The summed E-state index contributed by atoms with van der Waals surface area (Å²) in [6.07, 6.45) is 6.60. The molecule has 0 aliphatic rings. The second-order valence-electron chi connectivity index (χ2n) is 4.34. The van der Waals surface area contributed by atoms with Crippen LogP contribution >= 0.6 is 0 Å². The van der Waals surface area contributed by atoms with Crippen LogP contribution in [0.1, 0.15) is 13.3 Å². The van der Waals surface area contributed by atoms with E-state index < -0.39 is 0 Å². The second kappa shape index (κ2) is 7.06. The number of aromatic nitrogens is 2. The number of imidazole rings is 1. The molecule has 1 unspecified atom stereocenters. The van der Waals surface area contributed by atoms with Crippen molar-refractivity contribution < 1.29 is 9.53 Å². The summed E-state index contributed by atoms with van der Waals surface area (Å²) in [5.41, 5.74) is 0. The number of methoxy groups -OCH3 is 1. The molecule has 1 aromatic heterocycles. The Morgan fingerprint density at radius 2 is 2.35 bits per heavy atom. The minimum absolute atomic E-state index is 0.0711. The molecule has 5 nitrogen and oxygen atoms in total. The van der Waals surface area contributed by atoms with Gasteiger partial charge in [0.1, 0.15) is 0 Å². The summed E-state index contributed by atoms with van der Waals surface area (Å²) in [5, 5.41) is 0. The van der Waals surface area contributed by atoms with Gasteiger partial charge in [-0.2, -0.15) is 0 Å². The molecular weight excluding hydrogens is 218 g/mol. The molecule has 5 heteroatoms. The van der Waals surface area contributed by atoms with Crippen molar-refractivity contribution in [3.8, 4) is 0 Å². The lowest BCUT2D eigenvalue weighted by Gasteiger charge is -2.19. The third-order valence-electron chi connectivity index (χ3n) is 2.70. The fraction of sp³-hybridized carbons (Fsp3) is 0.667. The number of rotatable bonds is 7. The van der Waals surface area contributed by atoms with E-state index in [-0.39, 0.29) is 11.9 Å². The van der Waals surface area contributed by atoms with Crippen molar-refractivity contribution in [1.29, 1.82) is 0 Å². The molecule has 0 aromatic carbocycles. The predicted molar refractivity (Wildman–Crippen MR) is 65.5 cm³/mol. The Kier molecular flexibility index (Phi) is 5.69. The highest BCUT2D eigenvalue weighted by atomic mass is 16.5. The lowest BCUT2D eigenvalue weighted by atomic mass is 10.2. The van der Waals surface area contributed by atoms with Crippen molar-refractivity contribution in [1.82, 2.24) is 14.5 Å². The average molecular weight is 239 g/mol. The van der Waals surface area contributed by atoms with E-state index in [9.17, 15) is 4.79 Å². The van der Waals surface area contributed by atoms with Crippen molar-refractivity contribution in [2.75, 3.05) is 27.2 Å². The molecule has 0 aliphatic heterocycles. The normalized spacial score (nSPS) is 12.7. The fourth-order valence-electron chi connectivity index (χ4n) is 1.78. The van der Waals surface area contributed by atoms with E-state index in [1.165, 1.54) is 7.11 Å². The first-order chi connectivity index (χ1) is 8.13. The second-order valence-corrected chi connectivity index (χ2v) is 4.34. The van der Waals surface area contributed by atoms with Crippen LogP contribution < -0.4 is 0 Å². The molecule has 0 N–H and O–H groups in total. The highest BCUT2D eigenvalue weighted by Gasteiger charge is 2.14. The molecule has 0 saturated heterocycles. The van der Waals surface area contributed by atoms with Crippen LogP contribution in [-0.4, -0.2) is 47.7 Å². The molecule has 1 heterocycles. The van der Waals surface area contributed by atoms with E-state index in [0.717, 1.165) is 26.1 Å². The topological polar surface area (TPSA) is 47.4 Å². The molecule has 96 valence electrons. The van der Waals surface area contributed by atoms with Crippen LogP contribution in [0.2, 0.25) is 0 Å². The van der Waals surface area contributed by atoms with Crippen LogP contribution in [0.25, 0.3) is 0 Å². The van der Waals surface area contributed by atoms with Crippen LogP contribution in [0.5, 0.6) is 0 Å². The molecule has 1 atom stereocenters. The van der Waals surface area contributed by atoms with Crippen LogP contribution in [0.3, 0.4) is 0 Å². The summed E-state index contributed by atoms with van der Waals surface area (Å²) < 4.78 is 6.75. The maximum atomic E-state index is 11.2. The maximum Gasteiger partial charge on any atom is 0.309 e. The molecule has 17 heavy (non-hydrogen) atoms. The molecular formula is C12H21N3O2. The largest absolute Gasteiger partial charge is 0.469 e. The molecule has 0 spiro atoms. The van der Waals surface area contributed by atoms with Crippen molar-refractivity contribution >= 4 is 5.97 Å². The standard InChI is InChI=1S/C12H21N3O2/c1-11(12(16)17-3)9-14(2)6-4-7-15-8-5-13-10-15/h5,8,10-11H,4,6-7,9H2,1-3H3. The Balaban J connectivity index is 2.16. The van der Waals surface area contributed by atoms with Gasteiger partial charge >= 0.3 is 5.97 Å². The van der Waals surface area contributed by atoms with Crippen LogP contribution in [0, 0.1) is 5.92 Å².